The van der Waals surface area contributed by atoms with E-state index in [0.717, 1.165) is 40.8 Å². The van der Waals surface area contributed by atoms with Crippen LogP contribution < -0.4 is 0 Å². The van der Waals surface area contributed by atoms with Crippen LogP contribution in [0.1, 0.15) is 29.6 Å². The Kier molecular flexibility index (Phi) is 3.20. The van der Waals surface area contributed by atoms with Gasteiger partial charge in [-0.2, -0.15) is 5.26 Å². The molecule has 0 aromatic carbocycles. The molecule has 0 saturated carbocycles. The molecule has 4 rings (SSSR count). The van der Waals surface area contributed by atoms with E-state index in [1.807, 2.05) is 18.2 Å². The van der Waals surface area contributed by atoms with Gasteiger partial charge < -0.3 is 0 Å². The molecule has 0 fully saturated rings. The zero-order valence-corrected chi connectivity index (χ0v) is 13.2. The normalized spacial score (nSPS) is 17.4. The number of nitrogens with zero attached hydrogens (tertiary/aromatic N) is 4. The van der Waals surface area contributed by atoms with Crippen molar-refractivity contribution in [1.82, 2.24) is 14.4 Å². The topological polar surface area (TPSA) is 54.0 Å². The first-order valence-corrected chi connectivity index (χ1v) is 8.39. The van der Waals surface area contributed by atoms with E-state index in [-0.39, 0.29) is 0 Å². The monoisotopic (exact) mass is 308 g/mol. The molecule has 110 valence electrons. The maximum Gasteiger partial charge on any atom is 0.195 e. The van der Waals surface area contributed by atoms with Gasteiger partial charge in [0.2, 0.25) is 0 Å². The molecule has 1 aliphatic carbocycles. The van der Waals surface area contributed by atoms with Gasteiger partial charge in [-0.15, -0.1) is 11.3 Å². The molecule has 0 aliphatic heterocycles. The van der Waals surface area contributed by atoms with Crippen LogP contribution in [0.2, 0.25) is 0 Å². The highest BCUT2D eigenvalue weighted by Crippen LogP contribution is 2.36. The average molecular weight is 308 g/mol. The predicted molar refractivity (Wildman–Crippen MR) is 86.8 cm³/mol. The molecule has 4 nitrogen and oxygen atoms in total. The summed E-state index contributed by atoms with van der Waals surface area (Å²) in [5.74, 6) is 0.741. The highest BCUT2D eigenvalue weighted by Gasteiger charge is 2.25. The van der Waals surface area contributed by atoms with Gasteiger partial charge in [-0.05, 0) is 37.3 Å². The second kappa shape index (κ2) is 5.22. The van der Waals surface area contributed by atoms with Crippen molar-refractivity contribution in [3.63, 3.8) is 0 Å². The van der Waals surface area contributed by atoms with Gasteiger partial charge in [0.25, 0.3) is 0 Å². The number of thiazole rings is 1. The Balaban J connectivity index is 1.95. The minimum absolute atomic E-state index is 0.367. The summed E-state index contributed by atoms with van der Waals surface area (Å²) >= 11 is 1.77. The average Bonchev–Trinajstić information content (AvgIpc) is 3.05. The number of fused-ring (bicyclic) bond motifs is 3. The van der Waals surface area contributed by atoms with Crippen molar-refractivity contribution >= 4 is 16.3 Å². The number of hydrogen-bond acceptors (Lipinski definition) is 4. The molecule has 0 radical (unpaired) electrons. The molecular weight excluding hydrogens is 292 g/mol. The van der Waals surface area contributed by atoms with Crippen LogP contribution in [-0.2, 0) is 19.3 Å². The van der Waals surface area contributed by atoms with Gasteiger partial charge in [-0.25, -0.2) is 4.98 Å². The lowest BCUT2D eigenvalue weighted by Gasteiger charge is -2.18. The minimum atomic E-state index is 0.367. The molecule has 0 bridgehead atoms. The summed E-state index contributed by atoms with van der Waals surface area (Å²) in [7, 11) is 0. The van der Waals surface area contributed by atoms with Crippen LogP contribution in [-0.4, -0.2) is 14.4 Å². The quantitative estimate of drug-likeness (QED) is 0.726. The number of imidazole rings is 1. The molecule has 0 N–H and O–H groups in total. The van der Waals surface area contributed by atoms with Gasteiger partial charge >= 0.3 is 0 Å². The van der Waals surface area contributed by atoms with Gasteiger partial charge in [0.05, 0.1) is 23.9 Å². The maximum absolute atomic E-state index is 9.24. The summed E-state index contributed by atoms with van der Waals surface area (Å²) in [4.78, 5) is 11.7. The molecule has 0 saturated heterocycles. The summed E-state index contributed by atoms with van der Waals surface area (Å²) in [5.41, 5.74) is 4.05. The lowest BCUT2D eigenvalue weighted by atomic mass is 9.93. The number of nitriles is 1. The standard InChI is InChI=1S/C17H16N4S/c1-11-5-6-13-15(10-11)22-17-20-16(12-4-2-3-9-19-12)14(7-8-18)21(13)17/h2-4,9,11H,5-7,10H2,1H3. The second-order valence-electron chi connectivity index (χ2n) is 5.89. The van der Waals surface area contributed by atoms with E-state index in [1.165, 1.54) is 17.0 Å². The fraction of sp³-hybridized carbons (Fsp3) is 0.353. The number of hydrogen-bond donors (Lipinski definition) is 0. The van der Waals surface area contributed by atoms with Crippen molar-refractivity contribution in [2.24, 2.45) is 5.92 Å². The van der Waals surface area contributed by atoms with Crippen molar-refractivity contribution in [3.05, 3.63) is 40.7 Å². The van der Waals surface area contributed by atoms with Crippen LogP contribution in [0.15, 0.2) is 24.4 Å². The highest BCUT2D eigenvalue weighted by atomic mass is 32.1. The second-order valence-corrected chi connectivity index (χ2v) is 6.96. The van der Waals surface area contributed by atoms with Crippen molar-refractivity contribution < 1.29 is 0 Å². The van der Waals surface area contributed by atoms with Crippen LogP contribution in [0.25, 0.3) is 16.3 Å². The van der Waals surface area contributed by atoms with E-state index in [1.54, 1.807) is 17.5 Å². The van der Waals surface area contributed by atoms with Gasteiger partial charge in [-0.3, -0.25) is 9.38 Å². The third-order valence-corrected chi connectivity index (χ3v) is 5.42. The SMILES string of the molecule is CC1CCc2c(sc3nc(-c4ccccn4)c(CC#N)n23)C1. The van der Waals surface area contributed by atoms with Gasteiger partial charge in [0.15, 0.2) is 4.96 Å². The van der Waals surface area contributed by atoms with Crippen LogP contribution in [0.4, 0.5) is 0 Å². The number of aromatic nitrogens is 3. The molecular formula is C17H16N4S. The Morgan fingerprint density at radius 3 is 3.14 bits per heavy atom. The van der Waals surface area contributed by atoms with E-state index in [0.29, 0.717) is 6.42 Å². The highest BCUT2D eigenvalue weighted by molar-refractivity contribution is 7.17. The van der Waals surface area contributed by atoms with E-state index in [4.69, 9.17) is 4.98 Å². The van der Waals surface area contributed by atoms with E-state index in [2.05, 4.69) is 22.4 Å². The predicted octanol–water partition coefficient (Wildman–Crippen LogP) is 3.65. The van der Waals surface area contributed by atoms with E-state index < -0.39 is 0 Å². The largest absolute Gasteiger partial charge is 0.290 e. The molecule has 1 aliphatic rings. The molecule has 1 unspecified atom stereocenters. The smallest absolute Gasteiger partial charge is 0.195 e. The molecule has 5 heteroatoms. The van der Waals surface area contributed by atoms with Crippen molar-refractivity contribution in [2.75, 3.05) is 0 Å². The lowest BCUT2D eigenvalue weighted by molar-refractivity contribution is 0.498. The first-order valence-electron chi connectivity index (χ1n) is 7.58. The van der Waals surface area contributed by atoms with Crippen LogP contribution >= 0.6 is 11.3 Å². The summed E-state index contributed by atoms with van der Waals surface area (Å²) in [5, 5.41) is 9.24. The zero-order chi connectivity index (χ0) is 15.1. The van der Waals surface area contributed by atoms with Gasteiger partial charge in [0.1, 0.15) is 5.69 Å². The Morgan fingerprint density at radius 2 is 2.36 bits per heavy atom. The van der Waals surface area contributed by atoms with Gasteiger partial charge in [-0.1, -0.05) is 13.0 Å². The first-order chi connectivity index (χ1) is 10.8. The molecule has 22 heavy (non-hydrogen) atoms. The third-order valence-electron chi connectivity index (χ3n) is 4.31. The fourth-order valence-corrected chi connectivity index (χ4v) is 4.58. The zero-order valence-electron chi connectivity index (χ0n) is 12.4. The minimum Gasteiger partial charge on any atom is -0.290 e. The molecule has 3 aromatic heterocycles. The van der Waals surface area contributed by atoms with Crippen LogP contribution in [0, 0.1) is 17.2 Å². The van der Waals surface area contributed by atoms with Crippen LogP contribution in [0.5, 0.6) is 0 Å². The summed E-state index contributed by atoms with van der Waals surface area (Å²) in [6.45, 7) is 2.31. The van der Waals surface area contributed by atoms with Crippen molar-refractivity contribution in [3.8, 4) is 17.5 Å². The third kappa shape index (κ3) is 2.03. The Bertz CT molecular complexity index is 870. The summed E-state index contributed by atoms with van der Waals surface area (Å²) in [6.07, 6.45) is 5.56. The molecule has 3 heterocycles. The summed E-state index contributed by atoms with van der Waals surface area (Å²) in [6, 6.07) is 8.11. The molecule has 1 atom stereocenters. The Labute approximate surface area is 133 Å². The van der Waals surface area contributed by atoms with Crippen molar-refractivity contribution in [1.29, 1.82) is 5.26 Å². The van der Waals surface area contributed by atoms with Crippen LogP contribution in [0.3, 0.4) is 0 Å². The number of aryl methyl sites for hydroxylation is 1. The fourth-order valence-electron chi connectivity index (χ4n) is 3.23. The number of rotatable bonds is 2. The molecule has 0 amide bonds. The lowest BCUT2D eigenvalue weighted by Crippen LogP contribution is -2.11. The first kappa shape index (κ1) is 13.5. The number of pyridine rings is 1. The Hall–Kier alpha value is -2.19. The maximum atomic E-state index is 9.24. The Morgan fingerprint density at radius 1 is 1.45 bits per heavy atom. The van der Waals surface area contributed by atoms with E-state index in [9.17, 15) is 5.26 Å². The van der Waals surface area contributed by atoms with Crippen molar-refractivity contribution in [2.45, 2.75) is 32.6 Å². The van der Waals surface area contributed by atoms with Gasteiger partial charge in [0, 0.05) is 16.8 Å². The molecule has 0 spiro atoms. The molecule has 3 aromatic rings. The summed E-state index contributed by atoms with van der Waals surface area (Å²) < 4.78 is 2.22. The van der Waals surface area contributed by atoms with E-state index >= 15 is 0 Å².